The Morgan fingerprint density at radius 1 is 1.09 bits per heavy atom. The van der Waals surface area contributed by atoms with E-state index in [-0.39, 0.29) is 11.8 Å². The lowest BCUT2D eigenvalue weighted by Crippen LogP contribution is -2.54. The summed E-state index contributed by atoms with van der Waals surface area (Å²) in [5, 5.41) is 8.24. The van der Waals surface area contributed by atoms with Crippen molar-refractivity contribution in [2.24, 2.45) is 5.92 Å². The Morgan fingerprint density at radius 2 is 1.74 bits per heavy atom. The van der Waals surface area contributed by atoms with Gasteiger partial charge in [0.05, 0.1) is 16.8 Å². The van der Waals surface area contributed by atoms with Gasteiger partial charge < -0.3 is 4.90 Å². The number of nitrogens with zero attached hydrogens (tertiary/aromatic N) is 3. The summed E-state index contributed by atoms with van der Waals surface area (Å²) >= 11 is 6.04. The van der Waals surface area contributed by atoms with E-state index < -0.39 is 17.9 Å². The molecule has 3 amide bonds. The van der Waals surface area contributed by atoms with Gasteiger partial charge >= 0.3 is 0 Å². The minimum absolute atomic E-state index is 0.184. The van der Waals surface area contributed by atoms with Crippen LogP contribution < -0.4 is 0 Å². The van der Waals surface area contributed by atoms with Gasteiger partial charge in [0.1, 0.15) is 6.04 Å². The maximum absolute atomic E-state index is 13.9. The summed E-state index contributed by atoms with van der Waals surface area (Å²) in [6.45, 7) is 4.73. The zero-order chi connectivity index (χ0) is 24.0. The molecule has 1 N–H and O–H groups in total. The van der Waals surface area contributed by atoms with E-state index in [4.69, 9.17) is 11.6 Å². The van der Waals surface area contributed by atoms with E-state index in [1.54, 1.807) is 29.2 Å². The summed E-state index contributed by atoms with van der Waals surface area (Å²) < 4.78 is 0. The fourth-order valence-corrected chi connectivity index (χ4v) is 4.93. The quantitative estimate of drug-likeness (QED) is 0.555. The van der Waals surface area contributed by atoms with Gasteiger partial charge in [0.15, 0.2) is 0 Å². The zero-order valence-electron chi connectivity index (χ0n) is 19.0. The summed E-state index contributed by atoms with van der Waals surface area (Å²) in [5.41, 5.74) is 4.35. The Balaban J connectivity index is 1.46. The van der Waals surface area contributed by atoms with Crippen molar-refractivity contribution in [3.63, 3.8) is 0 Å². The lowest BCUT2D eigenvalue weighted by molar-refractivity contribution is -0.138. The van der Waals surface area contributed by atoms with Gasteiger partial charge in [-0.25, -0.2) is 0 Å². The molecule has 0 radical (unpaired) electrons. The van der Waals surface area contributed by atoms with E-state index in [9.17, 15) is 14.4 Å². The van der Waals surface area contributed by atoms with Crippen LogP contribution in [0.2, 0.25) is 5.02 Å². The molecule has 2 aliphatic rings. The van der Waals surface area contributed by atoms with Crippen molar-refractivity contribution in [2.75, 3.05) is 6.54 Å². The van der Waals surface area contributed by atoms with Crippen LogP contribution in [0.5, 0.6) is 0 Å². The largest absolute Gasteiger partial charge is 0.336 e. The third-order valence-corrected chi connectivity index (χ3v) is 7.15. The van der Waals surface area contributed by atoms with Crippen molar-refractivity contribution in [1.29, 1.82) is 0 Å². The van der Waals surface area contributed by atoms with Gasteiger partial charge in [0.2, 0.25) is 5.91 Å². The topological polar surface area (TPSA) is 86.4 Å². The number of benzene rings is 2. The number of imide groups is 1. The molecule has 2 aromatic carbocycles. The summed E-state index contributed by atoms with van der Waals surface area (Å²) in [4.78, 5) is 43.2. The highest BCUT2D eigenvalue weighted by Crippen LogP contribution is 2.32. The average Bonchev–Trinajstić information content (AvgIpc) is 3.39. The van der Waals surface area contributed by atoms with E-state index >= 15 is 0 Å². The number of aromatic nitrogens is 2. The molecule has 7 nitrogen and oxygen atoms in total. The van der Waals surface area contributed by atoms with E-state index in [0.29, 0.717) is 42.1 Å². The summed E-state index contributed by atoms with van der Waals surface area (Å²) in [5.74, 6) is -1.20. The molecule has 0 spiro atoms. The SMILES string of the molecule is CCC(C)C(C(=O)N1CCc2[nH]nc(-c3ccc(Cl)cc3)c2C1)N1C(=O)c2ccccc2C1=O. The molecule has 0 saturated heterocycles. The van der Waals surface area contributed by atoms with E-state index in [1.807, 2.05) is 38.1 Å². The Morgan fingerprint density at radius 3 is 2.35 bits per heavy atom. The number of nitrogens with one attached hydrogen (secondary N) is 1. The van der Waals surface area contributed by atoms with Gasteiger partial charge in [0, 0.05) is 41.4 Å². The van der Waals surface area contributed by atoms with Gasteiger partial charge in [-0.3, -0.25) is 24.4 Å². The zero-order valence-corrected chi connectivity index (χ0v) is 19.8. The van der Waals surface area contributed by atoms with E-state index in [2.05, 4.69) is 10.2 Å². The molecule has 1 aromatic heterocycles. The smallest absolute Gasteiger partial charge is 0.262 e. The first-order chi connectivity index (χ1) is 16.4. The lowest BCUT2D eigenvalue weighted by Gasteiger charge is -2.36. The number of amides is 3. The highest BCUT2D eigenvalue weighted by molar-refractivity contribution is 6.30. The Labute approximate surface area is 202 Å². The monoisotopic (exact) mass is 476 g/mol. The number of hydrogen-bond acceptors (Lipinski definition) is 4. The van der Waals surface area contributed by atoms with Crippen LogP contribution in [0.25, 0.3) is 11.3 Å². The molecule has 3 aromatic rings. The predicted molar refractivity (Wildman–Crippen MR) is 128 cm³/mol. The standard InChI is InChI=1S/C26H25ClN4O3/c1-3-15(2)23(31-24(32)18-6-4-5-7-19(18)25(31)33)26(34)30-13-12-21-20(14-30)22(29-28-21)16-8-10-17(27)11-9-16/h4-11,15,23H,3,12-14H2,1-2H3,(H,28,29). The number of carbonyl (C=O) groups is 3. The van der Waals surface area contributed by atoms with E-state index in [1.165, 1.54) is 4.90 Å². The van der Waals surface area contributed by atoms with Gasteiger partial charge in [-0.2, -0.15) is 5.10 Å². The van der Waals surface area contributed by atoms with Crippen molar-refractivity contribution in [2.45, 2.75) is 39.3 Å². The Kier molecular flexibility index (Phi) is 5.73. The van der Waals surface area contributed by atoms with E-state index in [0.717, 1.165) is 22.5 Å². The first kappa shape index (κ1) is 22.3. The minimum atomic E-state index is -0.857. The molecular formula is C26H25ClN4O3. The fourth-order valence-electron chi connectivity index (χ4n) is 4.81. The molecule has 3 heterocycles. The highest BCUT2D eigenvalue weighted by atomic mass is 35.5. The Hall–Kier alpha value is -3.45. The van der Waals surface area contributed by atoms with Crippen LogP contribution in [-0.2, 0) is 17.8 Å². The molecule has 5 rings (SSSR count). The van der Waals surface area contributed by atoms with Crippen LogP contribution in [0.1, 0.15) is 52.2 Å². The molecule has 0 saturated carbocycles. The van der Waals surface area contributed by atoms with Gasteiger partial charge in [-0.05, 0) is 30.2 Å². The third kappa shape index (κ3) is 3.60. The van der Waals surface area contributed by atoms with Crippen LogP contribution in [0.3, 0.4) is 0 Å². The lowest BCUT2D eigenvalue weighted by atomic mass is 9.94. The van der Waals surface area contributed by atoms with Gasteiger partial charge in [-0.15, -0.1) is 0 Å². The number of fused-ring (bicyclic) bond motifs is 2. The second-order valence-corrected chi connectivity index (χ2v) is 9.34. The van der Waals surface area contributed by atoms with Crippen LogP contribution >= 0.6 is 11.6 Å². The van der Waals surface area contributed by atoms with Crippen LogP contribution in [0.4, 0.5) is 0 Å². The number of hydrogen-bond donors (Lipinski definition) is 1. The number of aromatic amines is 1. The number of carbonyl (C=O) groups excluding carboxylic acids is 3. The normalized spacial score (nSPS) is 16.9. The summed E-state index contributed by atoms with van der Waals surface area (Å²) in [6.07, 6.45) is 1.28. The molecule has 0 aliphatic carbocycles. The van der Waals surface area contributed by atoms with Crippen LogP contribution in [-0.4, -0.2) is 50.3 Å². The molecule has 2 unspecified atom stereocenters. The van der Waals surface area contributed by atoms with Crippen molar-refractivity contribution in [3.05, 3.63) is 75.9 Å². The first-order valence-electron chi connectivity index (χ1n) is 11.5. The van der Waals surface area contributed by atoms with Crippen molar-refractivity contribution < 1.29 is 14.4 Å². The molecule has 34 heavy (non-hydrogen) atoms. The summed E-state index contributed by atoms with van der Waals surface area (Å²) in [6, 6.07) is 13.3. The number of rotatable bonds is 5. The maximum atomic E-state index is 13.9. The second-order valence-electron chi connectivity index (χ2n) is 8.90. The molecule has 2 aliphatic heterocycles. The fraction of sp³-hybridized carbons (Fsp3) is 0.308. The predicted octanol–water partition coefficient (Wildman–Crippen LogP) is 4.33. The molecule has 174 valence electrons. The summed E-state index contributed by atoms with van der Waals surface area (Å²) in [7, 11) is 0. The minimum Gasteiger partial charge on any atom is -0.336 e. The molecule has 0 fully saturated rings. The highest BCUT2D eigenvalue weighted by Gasteiger charge is 2.46. The number of H-pyrrole nitrogens is 1. The molecular weight excluding hydrogens is 452 g/mol. The number of halogens is 1. The average molecular weight is 477 g/mol. The Bertz CT molecular complexity index is 1250. The molecule has 0 bridgehead atoms. The maximum Gasteiger partial charge on any atom is 0.262 e. The van der Waals surface area contributed by atoms with Crippen molar-refractivity contribution >= 4 is 29.3 Å². The third-order valence-electron chi connectivity index (χ3n) is 6.90. The molecule has 8 heteroatoms. The van der Waals surface area contributed by atoms with Crippen LogP contribution in [0.15, 0.2) is 48.5 Å². The van der Waals surface area contributed by atoms with Crippen molar-refractivity contribution in [1.82, 2.24) is 20.0 Å². The van der Waals surface area contributed by atoms with Gasteiger partial charge in [0.25, 0.3) is 11.8 Å². The van der Waals surface area contributed by atoms with Gasteiger partial charge in [-0.1, -0.05) is 56.1 Å². The second kappa shape index (κ2) is 8.72. The first-order valence-corrected chi connectivity index (χ1v) is 11.9. The van der Waals surface area contributed by atoms with Crippen LogP contribution in [0, 0.1) is 5.92 Å². The van der Waals surface area contributed by atoms with Crippen molar-refractivity contribution in [3.8, 4) is 11.3 Å². The molecule has 2 atom stereocenters.